The average molecular weight is 539 g/mol. The van der Waals surface area contributed by atoms with Crippen LogP contribution in [0.25, 0.3) is 10.6 Å². The Labute approximate surface area is 214 Å². The highest BCUT2D eigenvalue weighted by atomic mass is 32.1. The lowest BCUT2D eigenvalue weighted by Crippen LogP contribution is -2.57. The zero-order chi connectivity index (χ0) is 26.0. The molecule has 36 heavy (non-hydrogen) atoms. The number of piperazine rings is 1. The average Bonchev–Trinajstić information content (AvgIpc) is 3.49. The molecule has 3 aromatic heterocycles. The van der Waals surface area contributed by atoms with Crippen molar-refractivity contribution in [3.8, 4) is 10.6 Å². The number of rotatable bonds is 4. The molecule has 0 saturated carbocycles. The molecule has 2 aliphatic rings. The van der Waals surface area contributed by atoms with Crippen molar-refractivity contribution in [3.05, 3.63) is 40.0 Å². The summed E-state index contributed by atoms with van der Waals surface area (Å²) < 4.78 is 36.6. The molecule has 3 aromatic rings. The van der Waals surface area contributed by atoms with Crippen LogP contribution >= 0.6 is 22.7 Å². The predicted octanol–water partition coefficient (Wildman–Crippen LogP) is 4.71. The van der Waals surface area contributed by atoms with Crippen molar-refractivity contribution < 1.29 is 22.8 Å². The minimum absolute atomic E-state index is 0.00637. The lowest BCUT2D eigenvalue weighted by Gasteiger charge is -2.39. The highest BCUT2D eigenvalue weighted by Crippen LogP contribution is 2.33. The first-order valence-corrected chi connectivity index (χ1v) is 12.9. The van der Waals surface area contributed by atoms with Crippen LogP contribution in [0.1, 0.15) is 29.1 Å². The van der Waals surface area contributed by atoms with E-state index in [9.17, 15) is 22.8 Å². The van der Waals surface area contributed by atoms with Crippen LogP contribution in [0.15, 0.2) is 23.7 Å². The number of nitrogens with one attached hydrogen (secondary N) is 1. The molecule has 8 nitrogen and oxygen atoms in total. The fourth-order valence-corrected chi connectivity index (χ4v) is 5.97. The molecule has 0 radical (unpaired) electrons. The van der Waals surface area contributed by atoms with Crippen molar-refractivity contribution >= 4 is 45.9 Å². The number of aromatic nitrogens is 3. The lowest BCUT2D eigenvalue weighted by atomic mass is 10.2. The quantitative estimate of drug-likeness (QED) is 0.484. The van der Waals surface area contributed by atoms with Crippen LogP contribution in [0.3, 0.4) is 0 Å². The largest absolute Gasteiger partial charge is 0.471 e. The molecule has 2 atom stereocenters. The van der Waals surface area contributed by atoms with E-state index in [2.05, 4.69) is 25.6 Å². The van der Waals surface area contributed by atoms with Gasteiger partial charge in [0.05, 0.1) is 21.3 Å². The monoisotopic (exact) mass is 538 g/mol. The first-order chi connectivity index (χ1) is 17.0. The third-order valence-electron chi connectivity index (χ3n) is 5.98. The third kappa shape index (κ3) is 5.84. The molecule has 5 rings (SSSR count). The van der Waals surface area contributed by atoms with Gasteiger partial charge in [-0.1, -0.05) is 6.07 Å². The summed E-state index contributed by atoms with van der Waals surface area (Å²) in [6.07, 6.45) is -0.968. The Morgan fingerprint density at radius 2 is 1.83 bits per heavy atom. The Morgan fingerprint density at radius 1 is 1.14 bits per heavy atom. The number of likely N-dealkylation sites (tertiary alicyclic amines) is 1. The van der Waals surface area contributed by atoms with Gasteiger partial charge in [0.1, 0.15) is 5.82 Å². The molecule has 2 saturated heterocycles. The molecular formula is C23H25F3N6O2S2. The number of amides is 2. The fourth-order valence-electron chi connectivity index (χ4n) is 4.31. The van der Waals surface area contributed by atoms with Crippen molar-refractivity contribution in [2.24, 2.45) is 0 Å². The van der Waals surface area contributed by atoms with E-state index in [0.29, 0.717) is 19.3 Å². The fraction of sp³-hybridized carbons (Fsp3) is 0.435. The SMILES string of the molecule is Cc1ccc(Nc2nc(-c3sc(C)nc3C)cs2)nc1.O=CN1[C@@H]2CC[C@H]1CN(C(=O)C(F)(F)F)C2. The number of fused-ring (bicyclic) bond motifs is 2. The van der Waals surface area contributed by atoms with Crippen LogP contribution in [0.4, 0.5) is 24.1 Å². The number of thiazole rings is 2. The standard InChI is InChI=1S/C14H14N4S2.C9H11F3N2O2/c1-8-4-5-12(15-6-8)18-14-17-11(7-19-14)13-9(2)16-10(3)20-13;10-9(11,12)8(16)13-3-6-1-2-7(4-13)14(6)5-15/h4-7H,1-3H3,(H,15,17,18);5-7H,1-4H2/t;6-,7+. The van der Waals surface area contributed by atoms with Gasteiger partial charge in [0.25, 0.3) is 0 Å². The van der Waals surface area contributed by atoms with Crippen molar-refractivity contribution in [1.82, 2.24) is 24.8 Å². The Balaban J connectivity index is 0.000000174. The van der Waals surface area contributed by atoms with E-state index in [4.69, 9.17) is 0 Å². The number of carbonyl (C=O) groups is 2. The van der Waals surface area contributed by atoms with Gasteiger partial charge >= 0.3 is 12.1 Å². The van der Waals surface area contributed by atoms with Crippen LogP contribution in [0.5, 0.6) is 0 Å². The van der Waals surface area contributed by atoms with E-state index in [0.717, 1.165) is 42.7 Å². The maximum Gasteiger partial charge on any atom is 0.471 e. The molecule has 2 aliphatic heterocycles. The van der Waals surface area contributed by atoms with E-state index in [1.54, 1.807) is 22.7 Å². The van der Waals surface area contributed by atoms with Crippen molar-refractivity contribution in [1.29, 1.82) is 0 Å². The van der Waals surface area contributed by atoms with E-state index < -0.39 is 12.1 Å². The maximum absolute atomic E-state index is 12.2. The number of halogens is 3. The number of alkyl halides is 3. The molecule has 13 heteroatoms. The van der Waals surface area contributed by atoms with Crippen LogP contribution in [-0.4, -0.2) is 68.4 Å². The van der Waals surface area contributed by atoms with Crippen molar-refractivity contribution in [2.75, 3.05) is 18.4 Å². The molecule has 0 aromatic carbocycles. The topological polar surface area (TPSA) is 91.3 Å². The second kappa shape index (κ2) is 10.5. The first-order valence-electron chi connectivity index (χ1n) is 11.2. The predicted molar refractivity (Wildman–Crippen MR) is 132 cm³/mol. The highest BCUT2D eigenvalue weighted by molar-refractivity contribution is 7.16. The molecule has 1 N–H and O–H groups in total. The minimum Gasteiger partial charge on any atom is -0.336 e. The Kier molecular flexibility index (Phi) is 7.59. The number of aryl methyl sites for hydroxylation is 3. The van der Waals surface area contributed by atoms with Gasteiger partial charge in [-0.15, -0.1) is 22.7 Å². The van der Waals surface area contributed by atoms with Gasteiger partial charge in [0.2, 0.25) is 6.41 Å². The van der Waals surface area contributed by atoms with E-state index in [1.165, 1.54) is 4.90 Å². The van der Waals surface area contributed by atoms with Gasteiger partial charge < -0.3 is 15.1 Å². The van der Waals surface area contributed by atoms with Gasteiger partial charge in [-0.05, 0) is 45.2 Å². The van der Waals surface area contributed by atoms with Gasteiger partial charge in [-0.2, -0.15) is 13.2 Å². The molecular weight excluding hydrogens is 513 g/mol. The van der Waals surface area contributed by atoms with Crippen molar-refractivity contribution in [3.63, 3.8) is 0 Å². The number of nitrogens with zero attached hydrogens (tertiary/aromatic N) is 5. The second-order valence-electron chi connectivity index (χ2n) is 8.68. The highest BCUT2D eigenvalue weighted by Gasteiger charge is 2.48. The van der Waals surface area contributed by atoms with E-state index in [-0.39, 0.29) is 25.2 Å². The summed E-state index contributed by atoms with van der Waals surface area (Å²) >= 11 is 3.26. The minimum atomic E-state index is -4.82. The normalized spacial score (nSPS) is 19.1. The number of hydrogen-bond acceptors (Lipinski definition) is 8. The van der Waals surface area contributed by atoms with Crippen LogP contribution in [-0.2, 0) is 9.59 Å². The molecule has 5 heterocycles. The lowest BCUT2D eigenvalue weighted by molar-refractivity contribution is -0.188. The second-order valence-corrected chi connectivity index (χ2v) is 10.7. The van der Waals surface area contributed by atoms with E-state index >= 15 is 0 Å². The summed E-state index contributed by atoms with van der Waals surface area (Å²) in [4.78, 5) is 38.6. The molecule has 192 valence electrons. The van der Waals surface area contributed by atoms with Gasteiger partial charge in [0.15, 0.2) is 5.13 Å². The molecule has 2 bridgehead atoms. The molecule has 2 fully saturated rings. The summed E-state index contributed by atoms with van der Waals surface area (Å²) in [6.45, 7) is 6.05. The number of anilines is 2. The number of carbonyl (C=O) groups excluding carboxylic acids is 2. The Morgan fingerprint density at radius 3 is 2.36 bits per heavy atom. The zero-order valence-corrected chi connectivity index (χ0v) is 21.5. The Bertz CT molecular complexity index is 1210. The third-order valence-corrected chi connectivity index (χ3v) is 7.83. The molecule has 0 aliphatic carbocycles. The summed E-state index contributed by atoms with van der Waals surface area (Å²) in [6, 6.07) is 3.49. The summed E-state index contributed by atoms with van der Waals surface area (Å²) in [5, 5.41) is 7.20. The summed E-state index contributed by atoms with van der Waals surface area (Å²) in [5.41, 5.74) is 3.16. The van der Waals surface area contributed by atoms with Crippen LogP contribution in [0, 0.1) is 20.8 Å². The van der Waals surface area contributed by atoms with Gasteiger partial charge in [-0.3, -0.25) is 9.59 Å². The summed E-state index contributed by atoms with van der Waals surface area (Å²) in [5.74, 6) is -0.983. The van der Waals surface area contributed by atoms with Gasteiger partial charge in [-0.25, -0.2) is 15.0 Å². The maximum atomic E-state index is 12.2. The molecule has 0 unspecified atom stereocenters. The zero-order valence-electron chi connectivity index (χ0n) is 19.9. The number of pyridine rings is 1. The number of hydrogen-bond donors (Lipinski definition) is 1. The molecule has 0 spiro atoms. The molecule has 2 amide bonds. The Hall–Kier alpha value is -3.06. The van der Waals surface area contributed by atoms with Gasteiger partial charge in [0, 0.05) is 36.8 Å². The first kappa shape index (κ1) is 26.0. The smallest absolute Gasteiger partial charge is 0.336 e. The van der Waals surface area contributed by atoms with Crippen LogP contribution in [0.2, 0.25) is 0 Å². The van der Waals surface area contributed by atoms with Crippen LogP contribution < -0.4 is 5.32 Å². The van der Waals surface area contributed by atoms with E-state index in [1.807, 2.05) is 39.1 Å². The summed E-state index contributed by atoms with van der Waals surface area (Å²) in [7, 11) is 0. The van der Waals surface area contributed by atoms with Crippen molar-refractivity contribution in [2.45, 2.75) is 51.9 Å².